The summed E-state index contributed by atoms with van der Waals surface area (Å²) in [5, 5.41) is 20.6. The summed E-state index contributed by atoms with van der Waals surface area (Å²) in [6.07, 6.45) is 0. The number of benzene rings is 1. The average molecular weight is 299 g/mol. The molecule has 1 aromatic rings. The SMILES string of the molecule is Cc1cc(S(=O)(=O)O)c(NN=C(C#N)C#N)cc1Cl. The van der Waals surface area contributed by atoms with E-state index in [0.29, 0.717) is 5.56 Å². The van der Waals surface area contributed by atoms with Gasteiger partial charge in [-0.2, -0.15) is 24.0 Å². The molecule has 0 aromatic heterocycles. The number of hydrazone groups is 1. The van der Waals surface area contributed by atoms with Crippen molar-refractivity contribution in [1.82, 2.24) is 0 Å². The Labute approximate surface area is 114 Å². The van der Waals surface area contributed by atoms with E-state index in [0.717, 1.165) is 6.07 Å². The van der Waals surface area contributed by atoms with Gasteiger partial charge in [-0.15, -0.1) is 0 Å². The van der Waals surface area contributed by atoms with Crippen molar-refractivity contribution in [3.63, 3.8) is 0 Å². The summed E-state index contributed by atoms with van der Waals surface area (Å²) < 4.78 is 31.5. The fourth-order valence-electron chi connectivity index (χ4n) is 1.15. The highest BCUT2D eigenvalue weighted by atomic mass is 35.5. The molecule has 98 valence electrons. The first kappa shape index (κ1) is 14.9. The predicted octanol–water partition coefficient (Wildman–Crippen LogP) is 1.71. The van der Waals surface area contributed by atoms with Crippen LogP contribution in [0.5, 0.6) is 0 Å². The van der Waals surface area contributed by atoms with Gasteiger partial charge in [0, 0.05) is 5.02 Å². The van der Waals surface area contributed by atoms with Crippen molar-refractivity contribution < 1.29 is 13.0 Å². The molecule has 0 aliphatic carbocycles. The molecule has 19 heavy (non-hydrogen) atoms. The molecule has 0 saturated heterocycles. The quantitative estimate of drug-likeness (QED) is 0.497. The van der Waals surface area contributed by atoms with Crippen LogP contribution >= 0.6 is 11.6 Å². The maximum atomic E-state index is 11.2. The van der Waals surface area contributed by atoms with Crippen LogP contribution in [0.2, 0.25) is 5.02 Å². The first-order valence-electron chi connectivity index (χ1n) is 4.71. The number of anilines is 1. The maximum absolute atomic E-state index is 11.2. The normalized spacial score (nSPS) is 10.2. The lowest BCUT2D eigenvalue weighted by Crippen LogP contribution is -2.05. The van der Waals surface area contributed by atoms with Crippen LogP contribution in [0.25, 0.3) is 0 Å². The van der Waals surface area contributed by atoms with E-state index in [-0.39, 0.29) is 10.7 Å². The molecular formula is C10H7ClN4O3S. The van der Waals surface area contributed by atoms with Gasteiger partial charge in [-0.25, -0.2) is 0 Å². The third-order valence-electron chi connectivity index (χ3n) is 2.04. The molecule has 0 atom stereocenters. The zero-order valence-electron chi connectivity index (χ0n) is 9.55. The summed E-state index contributed by atoms with van der Waals surface area (Å²) in [6, 6.07) is 5.34. The maximum Gasteiger partial charge on any atom is 0.296 e. The largest absolute Gasteiger partial charge is 0.296 e. The first-order chi connectivity index (χ1) is 8.79. The van der Waals surface area contributed by atoms with Crippen molar-refractivity contribution in [2.45, 2.75) is 11.8 Å². The van der Waals surface area contributed by atoms with Crippen LogP contribution in [0.15, 0.2) is 22.1 Å². The molecule has 0 saturated carbocycles. The van der Waals surface area contributed by atoms with Crippen molar-refractivity contribution in [3.8, 4) is 12.1 Å². The number of hydrogen-bond donors (Lipinski definition) is 2. The molecule has 7 nitrogen and oxygen atoms in total. The van der Waals surface area contributed by atoms with Crippen LogP contribution in [0.3, 0.4) is 0 Å². The topological polar surface area (TPSA) is 126 Å². The van der Waals surface area contributed by atoms with Gasteiger partial charge >= 0.3 is 0 Å². The first-order valence-corrected chi connectivity index (χ1v) is 6.53. The lowest BCUT2D eigenvalue weighted by molar-refractivity contribution is 0.483. The Morgan fingerprint density at radius 2 is 2.00 bits per heavy atom. The molecule has 0 aliphatic rings. The molecule has 9 heteroatoms. The van der Waals surface area contributed by atoms with Gasteiger partial charge in [0.15, 0.2) is 0 Å². The Morgan fingerprint density at radius 3 is 2.47 bits per heavy atom. The van der Waals surface area contributed by atoms with Crippen molar-refractivity contribution in [2.24, 2.45) is 5.10 Å². The molecule has 0 amide bonds. The third-order valence-corrected chi connectivity index (χ3v) is 3.34. The molecule has 0 aliphatic heterocycles. The summed E-state index contributed by atoms with van der Waals surface area (Å²) in [5.74, 6) is 0. The number of nitriles is 2. The minimum absolute atomic E-state index is 0.138. The zero-order chi connectivity index (χ0) is 14.6. The number of halogens is 1. The lowest BCUT2D eigenvalue weighted by atomic mass is 10.2. The van der Waals surface area contributed by atoms with Gasteiger partial charge in [-0.1, -0.05) is 11.6 Å². The van der Waals surface area contributed by atoms with Crippen LogP contribution in [0, 0.1) is 29.6 Å². The predicted molar refractivity (Wildman–Crippen MR) is 68.3 cm³/mol. The highest BCUT2D eigenvalue weighted by Crippen LogP contribution is 2.28. The van der Waals surface area contributed by atoms with Gasteiger partial charge in [-0.05, 0) is 24.6 Å². The molecular weight excluding hydrogens is 292 g/mol. The zero-order valence-corrected chi connectivity index (χ0v) is 11.1. The average Bonchev–Trinajstić information content (AvgIpc) is 2.33. The van der Waals surface area contributed by atoms with E-state index >= 15 is 0 Å². The molecule has 0 spiro atoms. The molecule has 1 rings (SSSR count). The smallest absolute Gasteiger partial charge is 0.282 e. The summed E-state index contributed by atoms with van der Waals surface area (Å²) in [7, 11) is -4.49. The van der Waals surface area contributed by atoms with E-state index in [1.54, 1.807) is 6.92 Å². The van der Waals surface area contributed by atoms with E-state index in [9.17, 15) is 8.42 Å². The van der Waals surface area contributed by atoms with Crippen LogP contribution in [-0.2, 0) is 10.1 Å². The minimum atomic E-state index is -4.49. The van der Waals surface area contributed by atoms with E-state index in [2.05, 4.69) is 10.5 Å². The van der Waals surface area contributed by atoms with Gasteiger partial charge in [0.05, 0.1) is 5.69 Å². The third kappa shape index (κ3) is 3.66. The van der Waals surface area contributed by atoms with Crippen LogP contribution in [0.1, 0.15) is 5.56 Å². The Kier molecular flexibility index (Phi) is 4.46. The van der Waals surface area contributed by atoms with Crippen molar-refractivity contribution in [2.75, 3.05) is 5.43 Å². The number of rotatable bonds is 3. The highest BCUT2D eigenvalue weighted by molar-refractivity contribution is 7.86. The molecule has 0 radical (unpaired) electrons. The number of aryl methyl sites for hydroxylation is 1. The van der Waals surface area contributed by atoms with Crippen LogP contribution < -0.4 is 5.43 Å². The van der Waals surface area contributed by atoms with Gasteiger partial charge in [-0.3, -0.25) is 9.98 Å². The minimum Gasteiger partial charge on any atom is -0.282 e. The fourth-order valence-corrected chi connectivity index (χ4v) is 2.02. The Hall–Kier alpha value is -2.13. The molecule has 0 bridgehead atoms. The standard InChI is InChI=1S/C10H7ClN4O3S/c1-6-2-10(19(16,17)18)9(3-8(6)11)15-14-7(4-12)5-13/h2-3,15H,1H3,(H,16,17,18). The van der Waals surface area contributed by atoms with Crippen LogP contribution in [-0.4, -0.2) is 18.7 Å². The van der Waals surface area contributed by atoms with Gasteiger partial charge < -0.3 is 0 Å². The van der Waals surface area contributed by atoms with Gasteiger partial charge in [0.1, 0.15) is 17.0 Å². The van der Waals surface area contributed by atoms with E-state index < -0.39 is 20.7 Å². The summed E-state index contributed by atoms with van der Waals surface area (Å²) in [5.41, 5.74) is 2.00. The number of nitrogens with one attached hydrogen (secondary N) is 1. The summed E-state index contributed by atoms with van der Waals surface area (Å²) in [4.78, 5) is -0.451. The summed E-state index contributed by atoms with van der Waals surface area (Å²) >= 11 is 5.82. The molecule has 1 aromatic carbocycles. The molecule has 0 heterocycles. The van der Waals surface area contributed by atoms with Crippen LogP contribution in [0.4, 0.5) is 5.69 Å². The second-order valence-electron chi connectivity index (χ2n) is 3.37. The monoisotopic (exact) mass is 298 g/mol. The van der Waals surface area contributed by atoms with Crippen molar-refractivity contribution in [1.29, 1.82) is 10.5 Å². The van der Waals surface area contributed by atoms with E-state index in [4.69, 9.17) is 26.7 Å². The fraction of sp³-hybridized carbons (Fsp3) is 0.100. The second kappa shape index (κ2) is 5.67. The molecule has 0 fully saturated rings. The van der Waals surface area contributed by atoms with Gasteiger partial charge in [0.25, 0.3) is 10.1 Å². The van der Waals surface area contributed by atoms with Crippen molar-refractivity contribution in [3.05, 3.63) is 22.7 Å². The Morgan fingerprint density at radius 1 is 1.42 bits per heavy atom. The second-order valence-corrected chi connectivity index (χ2v) is 5.17. The summed E-state index contributed by atoms with van der Waals surface area (Å²) in [6.45, 7) is 1.56. The van der Waals surface area contributed by atoms with Crippen molar-refractivity contribution >= 4 is 33.1 Å². The molecule has 2 N–H and O–H groups in total. The highest BCUT2D eigenvalue weighted by Gasteiger charge is 2.17. The number of nitrogens with zero attached hydrogens (tertiary/aromatic N) is 3. The van der Waals surface area contributed by atoms with E-state index in [1.165, 1.54) is 18.2 Å². The Balaban J connectivity index is 3.37. The van der Waals surface area contributed by atoms with Gasteiger partial charge in [0.2, 0.25) is 5.71 Å². The Bertz CT molecular complexity index is 712. The lowest BCUT2D eigenvalue weighted by Gasteiger charge is -2.08. The van der Waals surface area contributed by atoms with E-state index in [1.807, 2.05) is 0 Å². The molecule has 0 unspecified atom stereocenters. The number of hydrogen-bond acceptors (Lipinski definition) is 6.